The average Bonchev–Trinajstić information content (AvgIpc) is 3.32. The Morgan fingerprint density at radius 2 is 1.72 bits per heavy atom. The van der Waals surface area contributed by atoms with Gasteiger partial charge in [0, 0.05) is 55.6 Å². The largest absolute Gasteiger partial charge is 0.306 e. The molecule has 0 spiro atoms. The van der Waals surface area contributed by atoms with Crippen LogP contribution in [0.5, 0.6) is 0 Å². The van der Waals surface area contributed by atoms with E-state index in [1.807, 2.05) is 49.1 Å². The lowest BCUT2D eigenvalue weighted by Gasteiger charge is -2.28. The van der Waals surface area contributed by atoms with Gasteiger partial charge in [0.05, 0.1) is 17.9 Å². The summed E-state index contributed by atoms with van der Waals surface area (Å²) in [5.41, 5.74) is 6.21. The molecule has 32 heavy (non-hydrogen) atoms. The van der Waals surface area contributed by atoms with Crippen LogP contribution in [0.25, 0.3) is 33.5 Å². The third-order valence-electron chi connectivity index (χ3n) is 6.03. The second-order valence-corrected chi connectivity index (χ2v) is 9.86. The van der Waals surface area contributed by atoms with Gasteiger partial charge in [0.15, 0.2) is 0 Å². The molecule has 0 N–H and O–H groups in total. The van der Waals surface area contributed by atoms with Crippen molar-refractivity contribution >= 4 is 34.2 Å². The normalized spacial score (nSPS) is 15.2. The minimum absolute atomic E-state index is 0.471. The minimum Gasteiger partial charge on any atom is -0.306 e. The lowest BCUT2D eigenvalue weighted by Crippen LogP contribution is -2.31. The Kier molecular flexibility index (Phi) is 6.26. The van der Waals surface area contributed by atoms with Gasteiger partial charge in [-0.1, -0.05) is 11.6 Å². The number of rotatable bonds is 4. The van der Waals surface area contributed by atoms with Gasteiger partial charge in [0.2, 0.25) is 0 Å². The fourth-order valence-corrected chi connectivity index (χ4v) is 4.94. The predicted octanol–water partition coefficient (Wildman–Crippen LogP) is 6.20. The third-order valence-corrected chi connectivity index (χ3v) is 7.21. The van der Waals surface area contributed by atoms with E-state index in [1.54, 1.807) is 0 Å². The molecule has 0 amide bonds. The Morgan fingerprint density at radius 1 is 0.938 bits per heavy atom. The van der Waals surface area contributed by atoms with Crippen LogP contribution in [0.3, 0.4) is 0 Å². The molecule has 162 valence electrons. The molecule has 0 bridgehead atoms. The molecule has 1 aliphatic heterocycles. The smallest absolute Gasteiger partial charge is 0.0719 e. The van der Waals surface area contributed by atoms with Crippen LogP contribution >= 0.6 is 34.2 Å². The van der Waals surface area contributed by atoms with Crippen molar-refractivity contribution in [2.24, 2.45) is 0 Å². The molecular weight excluding hydrogens is 533 g/mol. The molecule has 3 aromatic heterocycles. The standard InChI is InChI=1S/C25H23ClIN5/c1-31-8-5-22(6-9-31)32-16-20(15-30-32)19-10-18(13-28-14-19)17-4-7-29-25(11-17)23-12-21(26)2-3-24(23)27/h2-4,7,10-16,22H,5-6,8-9H2,1H3. The summed E-state index contributed by atoms with van der Waals surface area (Å²) in [7, 11) is 2.18. The van der Waals surface area contributed by atoms with Gasteiger partial charge >= 0.3 is 0 Å². The highest BCUT2D eigenvalue weighted by Gasteiger charge is 2.19. The number of halogens is 2. The van der Waals surface area contributed by atoms with Gasteiger partial charge in [-0.05, 0) is 97.5 Å². The molecule has 1 fully saturated rings. The van der Waals surface area contributed by atoms with E-state index in [1.165, 1.54) is 0 Å². The Hall–Kier alpha value is -2.29. The van der Waals surface area contributed by atoms with Crippen molar-refractivity contribution < 1.29 is 0 Å². The molecule has 0 aliphatic carbocycles. The van der Waals surface area contributed by atoms with Gasteiger partial charge in [-0.3, -0.25) is 14.6 Å². The first kappa shape index (κ1) is 21.6. The van der Waals surface area contributed by atoms with E-state index >= 15 is 0 Å². The number of likely N-dealkylation sites (tertiary alicyclic amines) is 1. The van der Waals surface area contributed by atoms with E-state index in [-0.39, 0.29) is 0 Å². The summed E-state index contributed by atoms with van der Waals surface area (Å²) in [6.45, 7) is 2.24. The summed E-state index contributed by atoms with van der Waals surface area (Å²) in [6.07, 6.45) is 12.0. The molecule has 5 nitrogen and oxygen atoms in total. The molecule has 0 unspecified atom stereocenters. The zero-order chi connectivity index (χ0) is 22.1. The zero-order valence-electron chi connectivity index (χ0n) is 17.7. The van der Waals surface area contributed by atoms with E-state index in [2.05, 4.69) is 72.6 Å². The second kappa shape index (κ2) is 9.29. The third kappa shape index (κ3) is 4.58. The summed E-state index contributed by atoms with van der Waals surface area (Å²) in [6, 6.07) is 12.6. The number of hydrogen-bond donors (Lipinski definition) is 0. The number of aromatic nitrogens is 4. The minimum atomic E-state index is 0.471. The summed E-state index contributed by atoms with van der Waals surface area (Å²) < 4.78 is 3.24. The van der Waals surface area contributed by atoms with Crippen molar-refractivity contribution in [3.63, 3.8) is 0 Å². The van der Waals surface area contributed by atoms with E-state index in [0.29, 0.717) is 11.1 Å². The van der Waals surface area contributed by atoms with E-state index in [4.69, 9.17) is 11.6 Å². The number of benzene rings is 1. The van der Waals surface area contributed by atoms with Crippen molar-refractivity contribution in [1.29, 1.82) is 0 Å². The van der Waals surface area contributed by atoms with Crippen LogP contribution in [0.1, 0.15) is 18.9 Å². The van der Waals surface area contributed by atoms with Crippen molar-refractivity contribution in [1.82, 2.24) is 24.6 Å². The number of pyridine rings is 2. The fraction of sp³-hybridized carbons (Fsp3) is 0.240. The van der Waals surface area contributed by atoms with Crippen LogP contribution in [-0.2, 0) is 0 Å². The molecule has 5 rings (SSSR count). The average molecular weight is 556 g/mol. The summed E-state index contributed by atoms with van der Waals surface area (Å²) >= 11 is 8.54. The predicted molar refractivity (Wildman–Crippen MR) is 138 cm³/mol. The summed E-state index contributed by atoms with van der Waals surface area (Å²) in [4.78, 5) is 11.5. The molecule has 1 aliphatic rings. The molecule has 4 aromatic rings. The highest BCUT2D eigenvalue weighted by molar-refractivity contribution is 14.1. The Bertz CT molecular complexity index is 1250. The first-order valence-electron chi connectivity index (χ1n) is 10.7. The highest BCUT2D eigenvalue weighted by Crippen LogP contribution is 2.31. The van der Waals surface area contributed by atoms with Crippen molar-refractivity contribution in [3.8, 4) is 33.5 Å². The first-order chi connectivity index (χ1) is 15.6. The molecule has 0 radical (unpaired) electrons. The summed E-state index contributed by atoms with van der Waals surface area (Å²) in [5.74, 6) is 0. The monoisotopic (exact) mass is 555 g/mol. The number of hydrogen-bond acceptors (Lipinski definition) is 4. The van der Waals surface area contributed by atoms with Crippen LogP contribution in [-0.4, -0.2) is 44.8 Å². The Morgan fingerprint density at radius 3 is 2.53 bits per heavy atom. The van der Waals surface area contributed by atoms with Crippen molar-refractivity contribution in [2.75, 3.05) is 20.1 Å². The van der Waals surface area contributed by atoms with Gasteiger partial charge in [-0.15, -0.1) is 0 Å². The topological polar surface area (TPSA) is 46.8 Å². The van der Waals surface area contributed by atoms with Crippen LogP contribution in [0.4, 0.5) is 0 Å². The fourth-order valence-electron chi connectivity index (χ4n) is 4.15. The van der Waals surface area contributed by atoms with Crippen molar-refractivity contribution in [3.05, 3.63) is 76.0 Å². The van der Waals surface area contributed by atoms with Gasteiger partial charge in [0.25, 0.3) is 0 Å². The van der Waals surface area contributed by atoms with E-state index in [9.17, 15) is 0 Å². The lowest BCUT2D eigenvalue weighted by atomic mass is 10.0. The SMILES string of the molecule is CN1CCC(n2cc(-c3cncc(-c4ccnc(-c5cc(Cl)ccc5I)c4)c3)cn2)CC1. The van der Waals surface area contributed by atoms with E-state index < -0.39 is 0 Å². The van der Waals surface area contributed by atoms with Gasteiger partial charge in [-0.2, -0.15) is 5.10 Å². The summed E-state index contributed by atoms with van der Waals surface area (Å²) in [5, 5.41) is 5.37. The molecule has 1 saturated heterocycles. The quantitative estimate of drug-likeness (QED) is 0.281. The maximum atomic E-state index is 6.23. The second-order valence-electron chi connectivity index (χ2n) is 8.26. The van der Waals surface area contributed by atoms with Crippen LogP contribution in [0.15, 0.2) is 67.4 Å². The van der Waals surface area contributed by atoms with Crippen LogP contribution in [0, 0.1) is 3.57 Å². The lowest BCUT2D eigenvalue weighted by molar-refractivity contribution is 0.212. The van der Waals surface area contributed by atoms with Crippen molar-refractivity contribution in [2.45, 2.75) is 18.9 Å². The number of piperidine rings is 1. The Balaban J connectivity index is 1.43. The first-order valence-corrected chi connectivity index (χ1v) is 12.1. The highest BCUT2D eigenvalue weighted by atomic mass is 127. The molecule has 0 atom stereocenters. The van der Waals surface area contributed by atoms with Gasteiger partial charge in [-0.25, -0.2) is 0 Å². The molecule has 4 heterocycles. The van der Waals surface area contributed by atoms with Gasteiger partial charge in [0.1, 0.15) is 0 Å². The molecule has 1 aromatic carbocycles. The van der Waals surface area contributed by atoms with Crippen LogP contribution < -0.4 is 0 Å². The zero-order valence-corrected chi connectivity index (χ0v) is 20.7. The van der Waals surface area contributed by atoms with E-state index in [0.717, 1.165) is 63.0 Å². The number of nitrogens with zero attached hydrogens (tertiary/aromatic N) is 5. The maximum Gasteiger partial charge on any atom is 0.0719 e. The molecular formula is C25H23ClIN5. The maximum absolute atomic E-state index is 6.23. The molecule has 0 saturated carbocycles. The van der Waals surface area contributed by atoms with Crippen LogP contribution in [0.2, 0.25) is 5.02 Å². The molecule has 7 heteroatoms. The van der Waals surface area contributed by atoms with Gasteiger partial charge < -0.3 is 4.90 Å². The Labute approximate surface area is 206 Å².